The van der Waals surface area contributed by atoms with Crippen LogP contribution in [0, 0.1) is 0 Å². The van der Waals surface area contributed by atoms with Gasteiger partial charge in [-0.2, -0.15) is 0 Å². The molecule has 1 atom stereocenters. The summed E-state index contributed by atoms with van der Waals surface area (Å²) in [4.78, 5) is 9.29. The van der Waals surface area contributed by atoms with Crippen LogP contribution in [0.3, 0.4) is 0 Å². The van der Waals surface area contributed by atoms with Crippen molar-refractivity contribution < 1.29 is 14.5 Å². The van der Waals surface area contributed by atoms with E-state index in [1.54, 1.807) is 0 Å². The summed E-state index contributed by atoms with van der Waals surface area (Å²) >= 11 is -0.948. The smallest absolute Gasteiger partial charge is 0.290 e. The Morgan fingerprint density at radius 3 is 2.77 bits per heavy atom. The van der Waals surface area contributed by atoms with Gasteiger partial charge in [-0.15, -0.1) is 4.72 Å². The second kappa shape index (κ2) is 4.86. The molecule has 1 aromatic carbocycles. The molecule has 0 radical (unpaired) electrons. The van der Waals surface area contributed by atoms with Crippen LogP contribution in [0.15, 0.2) is 29.2 Å². The number of fused-ring (bicyclic) bond motifs is 1. The third-order valence-electron chi connectivity index (χ3n) is 1.57. The van der Waals surface area contributed by atoms with E-state index in [-0.39, 0.29) is 6.47 Å². The van der Waals surface area contributed by atoms with Crippen molar-refractivity contribution in [2.24, 2.45) is 0 Å². The number of carboxylic acid groups (broad SMARTS) is 1. The van der Waals surface area contributed by atoms with Crippen LogP contribution in [0.1, 0.15) is 5.56 Å². The van der Waals surface area contributed by atoms with Gasteiger partial charge in [-0.25, -0.2) is 0 Å². The van der Waals surface area contributed by atoms with Crippen LogP contribution in [0.4, 0.5) is 0 Å². The molecular weight excluding hydrogens is 190 g/mol. The molecule has 4 nitrogen and oxygen atoms in total. The van der Waals surface area contributed by atoms with E-state index in [0.29, 0.717) is 0 Å². The summed E-state index contributed by atoms with van der Waals surface area (Å²) in [6.07, 6.45) is 0. The molecule has 1 heterocycles. The van der Waals surface area contributed by atoms with Gasteiger partial charge in [0.1, 0.15) is 0 Å². The molecule has 0 bridgehead atoms. The molecule has 0 saturated heterocycles. The Morgan fingerprint density at radius 2 is 2.15 bits per heavy atom. The second-order valence-electron chi connectivity index (χ2n) is 2.30. The highest BCUT2D eigenvalue weighted by Crippen LogP contribution is 2.20. The number of benzene rings is 1. The van der Waals surface area contributed by atoms with Crippen LogP contribution in [0.25, 0.3) is 0 Å². The van der Waals surface area contributed by atoms with Gasteiger partial charge >= 0.3 is 0 Å². The summed E-state index contributed by atoms with van der Waals surface area (Å²) < 4.78 is 13.9. The molecule has 2 N–H and O–H groups in total. The van der Waals surface area contributed by atoms with Crippen LogP contribution >= 0.6 is 0 Å². The highest BCUT2D eigenvalue weighted by Gasteiger charge is 2.22. The van der Waals surface area contributed by atoms with Gasteiger partial charge < -0.3 is 9.66 Å². The van der Waals surface area contributed by atoms with E-state index < -0.39 is 11.4 Å². The number of nitrogens with one attached hydrogen (secondary N) is 1. The van der Waals surface area contributed by atoms with Gasteiger partial charge in [0, 0.05) is 5.56 Å². The number of carbonyl (C=O) groups is 1. The predicted octanol–water partition coefficient (Wildman–Crippen LogP) is 0.513. The van der Waals surface area contributed by atoms with Crippen LogP contribution in [-0.2, 0) is 22.7 Å². The Hall–Kier alpha value is -1.04. The average Bonchev–Trinajstić information content (AvgIpc) is 2.50. The molecule has 1 aliphatic rings. The van der Waals surface area contributed by atoms with Crippen LogP contribution < -0.4 is 4.72 Å². The first-order valence-corrected chi connectivity index (χ1v) is 4.75. The fourth-order valence-corrected chi connectivity index (χ4v) is 2.07. The maximum absolute atomic E-state index is 11.1. The summed E-state index contributed by atoms with van der Waals surface area (Å²) in [5.74, 6) is 0. The van der Waals surface area contributed by atoms with E-state index in [2.05, 4.69) is 4.72 Å². The van der Waals surface area contributed by atoms with Gasteiger partial charge in [-0.1, -0.05) is 18.2 Å². The van der Waals surface area contributed by atoms with E-state index in [9.17, 15) is 4.55 Å². The highest BCUT2D eigenvalue weighted by atomic mass is 32.2. The molecule has 0 amide bonds. The minimum absolute atomic E-state index is 0.250. The van der Waals surface area contributed by atoms with Crippen molar-refractivity contribution in [1.82, 2.24) is 4.72 Å². The maximum Gasteiger partial charge on any atom is 0.290 e. The van der Waals surface area contributed by atoms with Gasteiger partial charge in [0.2, 0.25) is 0 Å². The van der Waals surface area contributed by atoms with Crippen LogP contribution in [-0.4, -0.2) is 16.1 Å². The molecule has 70 valence electrons. The molecule has 1 aliphatic heterocycles. The summed E-state index contributed by atoms with van der Waals surface area (Å²) in [6, 6.07) is 7.76. The Labute approximate surface area is 78.9 Å². The van der Waals surface area contributed by atoms with Crippen molar-refractivity contribution in [3.63, 3.8) is 0 Å². The quantitative estimate of drug-likeness (QED) is 0.472. The molecule has 1 unspecified atom stereocenters. The van der Waals surface area contributed by atoms with Crippen molar-refractivity contribution in [1.29, 1.82) is 0 Å². The third kappa shape index (κ3) is 2.45. The van der Waals surface area contributed by atoms with Crippen molar-refractivity contribution in [3.8, 4) is 0 Å². The summed E-state index contributed by atoms with van der Waals surface area (Å²) in [5, 5.41) is 6.89. The van der Waals surface area contributed by atoms with E-state index >= 15 is 0 Å². The van der Waals surface area contributed by atoms with Crippen molar-refractivity contribution in [2.45, 2.75) is 11.4 Å². The second-order valence-corrected chi connectivity index (χ2v) is 3.57. The summed E-state index contributed by atoms with van der Waals surface area (Å²) in [6.45, 7) is 0.489. The lowest BCUT2D eigenvalue weighted by Crippen LogP contribution is -2.13. The largest absolute Gasteiger partial charge is 0.593 e. The lowest BCUT2D eigenvalue weighted by Gasteiger charge is -1.99. The fourth-order valence-electron chi connectivity index (χ4n) is 1.05. The van der Waals surface area contributed by atoms with E-state index in [4.69, 9.17) is 9.90 Å². The van der Waals surface area contributed by atoms with Crippen LogP contribution in [0.5, 0.6) is 0 Å². The van der Waals surface area contributed by atoms with Gasteiger partial charge in [0.15, 0.2) is 4.90 Å². The first-order valence-electron chi connectivity index (χ1n) is 3.60. The van der Waals surface area contributed by atoms with Gasteiger partial charge in [0.05, 0.1) is 17.9 Å². The topological polar surface area (TPSA) is 72.4 Å². The zero-order valence-corrected chi connectivity index (χ0v) is 7.58. The lowest BCUT2D eigenvalue weighted by atomic mass is 10.2. The molecule has 5 heteroatoms. The Morgan fingerprint density at radius 1 is 1.54 bits per heavy atom. The van der Waals surface area contributed by atoms with Gasteiger partial charge in [-0.05, 0) is 6.07 Å². The zero-order valence-electron chi connectivity index (χ0n) is 6.77. The molecule has 0 spiro atoms. The summed E-state index contributed by atoms with van der Waals surface area (Å²) in [5.41, 5.74) is 1.15. The lowest BCUT2D eigenvalue weighted by molar-refractivity contribution is -0.122. The van der Waals surface area contributed by atoms with E-state index in [1.165, 1.54) is 0 Å². The monoisotopic (exact) mass is 199 g/mol. The molecule has 0 saturated carbocycles. The zero-order chi connectivity index (χ0) is 9.68. The average molecular weight is 199 g/mol. The normalized spacial score (nSPS) is 18.4. The van der Waals surface area contributed by atoms with Crippen molar-refractivity contribution in [3.05, 3.63) is 29.8 Å². The first kappa shape index (κ1) is 10.0. The standard InChI is InChI=1S/C7H7NOS.CH2O2/c9-10-7-4-2-1-3-6(7)5-8-10;2-1-3/h1-4,8H,5H2;1H,(H,2,3). The third-order valence-corrected chi connectivity index (χ3v) is 2.77. The number of hydrogen-bond donors (Lipinski definition) is 2. The van der Waals surface area contributed by atoms with Gasteiger partial charge in [-0.3, -0.25) is 4.79 Å². The molecule has 0 aromatic heterocycles. The molecule has 2 rings (SSSR count). The minimum Gasteiger partial charge on any atom is -0.593 e. The minimum atomic E-state index is -0.948. The van der Waals surface area contributed by atoms with E-state index in [0.717, 1.165) is 17.0 Å². The van der Waals surface area contributed by atoms with Crippen molar-refractivity contribution >= 4 is 17.8 Å². The highest BCUT2D eigenvalue weighted by molar-refractivity contribution is 7.89. The van der Waals surface area contributed by atoms with Crippen molar-refractivity contribution in [2.75, 3.05) is 0 Å². The van der Waals surface area contributed by atoms with E-state index in [1.807, 2.05) is 24.3 Å². The molecular formula is C8H9NO3S. The molecule has 0 fully saturated rings. The molecule has 13 heavy (non-hydrogen) atoms. The Bertz CT molecular complexity index is 292. The van der Waals surface area contributed by atoms with Gasteiger partial charge in [0.25, 0.3) is 6.47 Å². The SMILES string of the molecule is O=CO.[O-][S+]1NCc2ccccc21. The number of rotatable bonds is 0. The summed E-state index contributed by atoms with van der Waals surface area (Å²) in [7, 11) is 0. The molecule has 0 aliphatic carbocycles. The van der Waals surface area contributed by atoms with Crippen LogP contribution in [0.2, 0.25) is 0 Å². The Kier molecular flexibility index (Phi) is 3.75. The predicted molar refractivity (Wildman–Crippen MR) is 48.4 cm³/mol. The first-order chi connectivity index (χ1) is 6.29. The fraction of sp³-hybridized carbons (Fsp3) is 0.125. The Balaban J connectivity index is 0.000000251. The molecule has 1 aromatic rings. The number of hydrogen-bond acceptors (Lipinski definition) is 3. The maximum atomic E-state index is 11.1.